The molecule has 0 radical (unpaired) electrons. The summed E-state index contributed by atoms with van der Waals surface area (Å²) in [5, 5.41) is 14.9. The molecule has 0 bridgehead atoms. The van der Waals surface area contributed by atoms with Gasteiger partial charge in [0, 0.05) is 36.8 Å². The first-order chi connectivity index (χ1) is 11.7. The summed E-state index contributed by atoms with van der Waals surface area (Å²) in [4.78, 5) is 25.8. The Morgan fingerprint density at radius 3 is 2.38 bits per heavy atom. The molecule has 2 aliphatic rings. The van der Waals surface area contributed by atoms with Crippen molar-refractivity contribution in [3.63, 3.8) is 0 Å². The van der Waals surface area contributed by atoms with Crippen molar-refractivity contribution in [1.29, 1.82) is 0 Å². The summed E-state index contributed by atoms with van der Waals surface area (Å²) in [6.07, 6.45) is 3.20. The lowest BCUT2D eigenvalue weighted by Gasteiger charge is -2.39. The standard InChI is InChI=1S/C19H27N3O3.ClH/c1-18(2,3)15-5-4-14(12-16(15)22(24)25)17(23)21-10-7-19(8-11-21)6-9-20-13-19;/h4-5,12,20H,6-11,13H2,1-3H3;1H. The van der Waals surface area contributed by atoms with Gasteiger partial charge in [0.05, 0.1) is 4.92 Å². The Bertz CT molecular complexity index is 684. The van der Waals surface area contributed by atoms with Crippen LogP contribution in [0.25, 0.3) is 0 Å². The van der Waals surface area contributed by atoms with Crippen LogP contribution in [-0.2, 0) is 5.41 Å². The number of hydrogen-bond acceptors (Lipinski definition) is 4. The minimum Gasteiger partial charge on any atom is -0.339 e. The quantitative estimate of drug-likeness (QED) is 0.628. The highest BCUT2D eigenvalue weighted by Gasteiger charge is 2.38. The van der Waals surface area contributed by atoms with Crippen molar-refractivity contribution in [3.8, 4) is 0 Å². The second-order valence-electron chi connectivity index (χ2n) is 8.46. The third kappa shape index (κ3) is 4.01. The van der Waals surface area contributed by atoms with Gasteiger partial charge < -0.3 is 10.2 Å². The maximum Gasteiger partial charge on any atom is 0.273 e. The molecule has 0 atom stereocenters. The fourth-order valence-corrected chi connectivity index (χ4v) is 4.04. The zero-order chi connectivity index (χ0) is 18.2. The number of nitro benzene ring substituents is 1. The van der Waals surface area contributed by atoms with E-state index in [9.17, 15) is 14.9 Å². The van der Waals surface area contributed by atoms with Crippen LogP contribution in [0.15, 0.2) is 18.2 Å². The lowest BCUT2D eigenvalue weighted by molar-refractivity contribution is -0.386. The summed E-state index contributed by atoms with van der Waals surface area (Å²) in [6, 6.07) is 4.92. The summed E-state index contributed by atoms with van der Waals surface area (Å²) >= 11 is 0. The zero-order valence-corrected chi connectivity index (χ0v) is 16.5. The highest BCUT2D eigenvalue weighted by atomic mass is 35.5. The number of nitrogens with one attached hydrogen (secondary N) is 1. The lowest BCUT2D eigenvalue weighted by atomic mass is 9.77. The Morgan fingerprint density at radius 1 is 1.23 bits per heavy atom. The monoisotopic (exact) mass is 381 g/mol. The highest BCUT2D eigenvalue weighted by molar-refractivity contribution is 5.95. The minimum atomic E-state index is -0.382. The van der Waals surface area contributed by atoms with Gasteiger partial charge in [0.1, 0.15) is 0 Å². The molecule has 1 aromatic rings. The van der Waals surface area contributed by atoms with Crippen molar-refractivity contribution in [2.75, 3.05) is 26.2 Å². The number of carbonyl (C=O) groups excluding carboxylic acids is 1. The minimum absolute atomic E-state index is 0. The van der Waals surface area contributed by atoms with Crippen molar-refractivity contribution < 1.29 is 9.72 Å². The van der Waals surface area contributed by atoms with Gasteiger partial charge in [-0.3, -0.25) is 14.9 Å². The molecular weight excluding hydrogens is 354 g/mol. The molecule has 3 rings (SSSR count). The average molecular weight is 382 g/mol. The van der Waals surface area contributed by atoms with Crippen LogP contribution in [0.4, 0.5) is 5.69 Å². The van der Waals surface area contributed by atoms with Gasteiger partial charge in [-0.05, 0) is 42.7 Å². The number of nitrogens with zero attached hydrogens (tertiary/aromatic N) is 2. The van der Waals surface area contributed by atoms with E-state index < -0.39 is 0 Å². The zero-order valence-electron chi connectivity index (χ0n) is 15.7. The summed E-state index contributed by atoms with van der Waals surface area (Å²) in [5.41, 5.74) is 1.12. The Balaban J connectivity index is 0.00000243. The molecule has 26 heavy (non-hydrogen) atoms. The number of benzene rings is 1. The van der Waals surface area contributed by atoms with Crippen LogP contribution in [-0.4, -0.2) is 41.9 Å². The first kappa shape index (κ1) is 20.6. The molecule has 2 saturated heterocycles. The van der Waals surface area contributed by atoms with Crippen LogP contribution in [0.1, 0.15) is 56.0 Å². The van der Waals surface area contributed by atoms with Crippen molar-refractivity contribution in [3.05, 3.63) is 39.4 Å². The van der Waals surface area contributed by atoms with E-state index in [2.05, 4.69) is 5.32 Å². The number of rotatable bonds is 2. The van der Waals surface area contributed by atoms with Gasteiger partial charge in [0.25, 0.3) is 11.6 Å². The number of hydrogen-bond donors (Lipinski definition) is 1. The topological polar surface area (TPSA) is 75.5 Å². The molecule has 2 aliphatic heterocycles. The Morgan fingerprint density at radius 2 is 1.88 bits per heavy atom. The van der Waals surface area contributed by atoms with E-state index in [1.54, 1.807) is 12.1 Å². The molecular formula is C19H28ClN3O3. The molecule has 0 aromatic heterocycles. The fraction of sp³-hybridized carbons (Fsp3) is 0.632. The predicted molar refractivity (Wildman–Crippen MR) is 104 cm³/mol. The van der Waals surface area contributed by atoms with Crippen molar-refractivity contribution in [2.24, 2.45) is 5.41 Å². The molecule has 2 fully saturated rings. The summed E-state index contributed by atoms with van der Waals surface area (Å²) in [6.45, 7) is 9.39. The second-order valence-corrected chi connectivity index (χ2v) is 8.46. The molecule has 6 nitrogen and oxygen atoms in total. The van der Waals surface area contributed by atoms with Gasteiger partial charge in [0.2, 0.25) is 0 Å². The van der Waals surface area contributed by atoms with E-state index >= 15 is 0 Å². The molecule has 1 N–H and O–H groups in total. The fourth-order valence-electron chi connectivity index (χ4n) is 4.04. The highest BCUT2D eigenvalue weighted by Crippen LogP contribution is 2.37. The van der Waals surface area contributed by atoms with E-state index in [1.165, 1.54) is 12.5 Å². The third-order valence-corrected chi connectivity index (χ3v) is 5.69. The normalized spacial score (nSPS) is 19.3. The maximum atomic E-state index is 12.8. The smallest absolute Gasteiger partial charge is 0.273 e. The van der Waals surface area contributed by atoms with E-state index in [0.717, 1.165) is 39.0 Å². The van der Waals surface area contributed by atoms with Crippen LogP contribution < -0.4 is 5.32 Å². The van der Waals surface area contributed by atoms with E-state index in [0.29, 0.717) is 16.5 Å². The molecule has 144 valence electrons. The van der Waals surface area contributed by atoms with Crippen molar-refractivity contribution in [2.45, 2.75) is 45.4 Å². The van der Waals surface area contributed by atoms with Gasteiger partial charge in [0.15, 0.2) is 0 Å². The number of halogens is 1. The number of likely N-dealkylation sites (tertiary alicyclic amines) is 1. The predicted octanol–water partition coefficient (Wildman–Crippen LogP) is 3.53. The van der Waals surface area contributed by atoms with Crippen LogP contribution in [0.2, 0.25) is 0 Å². The molecule has 7 heteroatoms. The number of amides is 1. The van der Waals surface area contributed by atoms with Gasteiger partial charge in [-0.1, -0.05) is 26.8 Å². The van der Waals surface area contributed by atoms with Crippen LogP contribution in [0.5, 0.6) is 0 Å². The summed E-state index contributed by atoms with van der Waals surface area (Å²) in [7, 11) is 0. The molecule has 0 saturated carbocycles. The van der Waals surface area contributed by atoms with E-state index in [1.807, 2.05) is 25.7 Å². The average Bonchev–Trinajstić information content (AvgIpc) is 3.01. The molecule has 0 unspecified atom stereocenters. The summed E-state index contributed by atoms with van der Waals surface area (Å²) in [5.74, 6) is -0.0932. The Kier molecular flexibility index (Phi) is 5.98. The molecule has 1 aromatic carbocycles. The van der Waals surface area contributed by atoms with Crippen LogP contribution >= 0.6 is 12.4 Å². The van der Waals surface area contributed by atoms with Crippen LogP contribution in [0, 0.1) is 15.5 Å². The number of piperidine rings is 1. The first-order valence-electron chi connectivity index (χ1n) is 9.01. The number of nitro groups is 1. The Hall–Kier alpha value is -1.66. The van der Waals surface area contributed by atoms with Gasteiger partial charge >= 0.3 is 0 Å². The molecule has 2 heterocycles. The van der Waals surface area contributed by atoms with Crippen molar-refractivity contribution >= 4 is 24.0 Å². The largest absolute Gasteiger partial charge is 0.339 e. The second kappa shape index (κ2) is 7.53. The van der Waals surface area contributed by atoms with Gasteiger partial charge in [-0.2, -0.15) is 0 Å². The number of carbonyl (C=O) groups is 1. The molecule has 0 aliphatic carbocycles. The van der Waals surface area contributed by atoms with Crippen LogP contribution in [0.3, 0.4) is 0 Å². The van der Waals surface area contributed by atoms with Gasteiger partial charge in [-0.15, -0.1) is 12.4 Å². The first-order valence-corrected chi connectivity index (χ1v) is 9.01. The molecule has 1 spiro atoms. The maximum absolute atomic E-state index is 12.8. The summed E-state index contributed by atoms with van der Waals surface area (Å²) < 4.78 is 0. The SMILES string of the molecule is CC(C)(C)c1ccc(C(=O)N2CCC3(CCNC3)CC2)cc1[N+](=O)[O-].Cl. The van der Waals surface area contributed by atoms with Gasteiger partial charge in [-0.25, -0.2) is 0 Å². The van der Waals surface area contributed by atoms with E-state index in [4.69, 9.17) is 0 Å². The lowest BCUT2D eigenvalue weighted by Crippen LogP contribution is -2.44. The van der Waals surface area contributed by atoms with E-state index in [-0.39, 0.29) is 34.3 Å². The Labute approximate surface area is 160 Å². The molecule has 1 amide bonds. The van der Waals surface area contributed by atoms with Crippen molar-refractivity contribution in [1.82, 2.24) is 10.2 Å². The third-order valence-electron chi connectivity index (χ3n) is 5.69.